The fraction of sp³-hybridized carbons (Fsp3) is 0.154. The number of hydrogen-bond donors (Lipinski definition) is 1. The number of para-hydroxylation sites is 2. The average molecular weight is 459 g/mol. The second-order valence-corrected chi connectivity index (χ2v) is 8.86. The molecule has 166 valence electrons. The molecule has 1 N–H and O–H groups in total. The van der Waals surface area contributed by atoms with Crippen molar-refractivity contribution in [2.45, 2.75) is 12.6 Å². The summed E-state index contributed by atoms with van der Waals surface area (Å²) in [5.74, 6) is 0.329. The van der Waals surface area contributed by atoms with Crippen molar-refractivity contribution in [3.63, 3.8) is 0 Å². The average Bonchev–Trinajstić information content (AvgIpc) is 3.29. The molecule has 1 aliphatic rings. The Bertz CT molecular complexity index is 1340. The van der Waals surface area contributed by atoms with Crippen molar-refractivity contribution < 1.29 is 19.4 Å². The Hall–Kier alpha value is -3.55. The summed E-state index contributed by atoms with van der Waals surface area (Å²) in [6.07, 6.45) is 0.780. The van der Waals surface area contributed by atoms with Gasteiger partial charge < -0.3 is 14.4 Å². The van der Waals surface area contributed by atoms with Crippen LogP contribution >= 0.6 is 11.8 Å². The number of amides is 2. The second-order valence-electron chi connectivity index (χ2n) is 7.86. The van der Waals surface area contributed by atoms with Crippen LogP contribution in [0.2, 0.25) is 0 Å². The first-order valence-electron chi connectivity index (χ1n) is 10.6. The number of ether oxygens (including phenoxy) is 1. The summed E-state index contributed by atoms with van der Waals surface area (Å²) in [5, 5.41) is 12.7. The summed E-state index contributed by atoms with van der Waals surface area (Å²) < 4.78 is 7.19. The molecule has 4 aromatic rings. The number of methoxy groups -OCH3 is 1. The molecule has 0 bridgehead atoms. The molecule has 0 unspecified atom stereocenters. The molecule has 5 rings (SSSR count). The first-order valence-corrected chi connectivity index (χ1v) is 11.4. The quantitative estimate of drug-likeness (QED) is 0.416. The molecule has 6 nitrogen and oxygen atoms in total. The van der Waals surface area contributed by atoms with Crippen LogP contribution in [-0.2, 0) is 11.3 Å². The third-order valence-electron chi connectivity index (χ3n) is 5.75. The van der Waals surface area contributed by atoms with E-state index in [4.69, 9.17) is 4.74 Å². The molecule has 1 aromatic heterocycles. The van der Waals surface area contributed by atoms with Crippen LogP contribution in [0.4, 0.5) is 4.79 Å². The van der Waals surface area contributed by atoms with Crippen molar-refractivity contribution in [2.75, 3.05) is 13.7 Å². The monoisotopic (exact) mass is 458 g/mol. The summed E-state index contributed by atoms with van der Waals surface area (Å²) >= 11 is 0.891. The van der Waals surface area contributed by atoms with Crippen LogP contribution in [0.3, 0.4) is 0 Å². The maximum atomic E-state index is 12.9. The first kappa shape index (κ1) is 21.3. The molecule has 1 saturated heterocycles. The van der Waals surface area contributed by atoms with Gasteiger partial charge in [0.15, 0.2) is 0 Å². The predicted octanol–water partition coefficient (Wildman–Crippen LogP) is 4.90. The van der Waals surface area contributed by atoms with E-state index >= 15 is 0 Å². The SMILES string of the molecule is COc1ccc(/C=C2\SC(=O)N(C[C@H](O)Cn3c4ccccc4c4ccccc43)C2=O)cc1. The molecule has 33 heavy (non-hydrogen) atoms. The maximum absolute atomic E-state index is 12.9. The van der Waals surface area contributed by atoms with Crippen molar-refractivity contribution in [3.05, 3.63) is 83.3 Å². The topological polar surface area (TPSA) is 71.8 Å². The number of thioether (sulfide) groups is 1. The Morgan fingerprint density at radius 1 is 0.909 bits per heavy atom. The summed E-state index contributed by atoms with van der Waals surface area (Å²) in [4.78, 5) is 26.9. The van der Waals surface area contributed by atoms with Gasteiger partial charge in [-0.1, -0.05) is 48.5 Å². The van der Waals surface area contributed by atoms with Crippen LogP contribution in [0.1, 0.15) is 5.56 Å². The molecule has 1 atom stereocenters. The minimum Gasteiger partial charge on any atom is -0.497 e. The lowest BCUT2D eigenvalue weighted by molar-refractivity contribution is -0.123. The van der Waals surface area contributed by atoms with Crippen LogP contribution in [0.25, 0.3) is 27.9 Å². The number of rotatable bonds is 6. The number of fused-ring (bicyclic) bond motifs is 3. The number of aromatic nitrogens is 1. The third kappa shape index (κ3) is 4.01. The Morgan fingerprint density at radius 2 is 1.52 bits per heavy atom. The molecule has 0 aliphatic carbocycles. The molecular formula is C26H22N2O4S. The minimum absolute atomic E-state index is 0.0640. The van der Waals surface area contributed by atoms with E-state index in [0.717, 1.165) is 44.0 Å². The molecule has 0 saturated carbocycles. The van der Waals surface area contributed by atoms with Crippen molar-refractivity contribution in [2.24, 2.45) is 0 Å². The number of nitrogens with zero attached hydrogens (tertiary/aromatic N) is 2. The molecule has 3 aromatic carbocycles. The number of β-amino-alcohol motifs (C(OH)–C–C–N with tert-alkyl or cyclic N) is 1. The highest BCUT2D eigenvalue weighted by atomic mass is 32.2. The van der Waals surface area contributed by atoms with Gasteiger partial charge in [-0.25, -0.2) is 0 Å². The smallest absolute Gasteiger partial charge is 0.293 e. The first-order chi connectivity index (χ1) is 16.0. The second kappa shape index (κ2) is 8.77. The van der Waals surface area contributed by atoms with Crippen LogP contribution in [-0.4, -0.2) is 45.5 Å². The van der Waals surface area contributed by atoms with Gasteiger partial charge >= 0.3 is 0 Å². The molecule has 2 amide bonds. The van der Waals surface area contributed by atoms with Crippen molar-refractivity contribution in [1.82, 2.24) is 9.47 Å². The van der Waals surface area contributed by atoms with E-state index in [2.05, 4.69) is 12.1 Å². The van der Waals surface area contributed by atoms with Gasteiger partial charge in [-0.3, -0.25) is 14.5 Å². The normalized spacial score (nSPS) is 16.3. The van der Waals surface area contributed by atoms with Gasteiger partial charge in [-0.05, 0) is 47.7 Å². The highest BCUT2D eigenvalue weighted by molar-refractivity contribution is 8.18. The van der Waals surface area contributed by atoms with Gasteiger partial charge in [0, 0.05) is 21.8 Å². The lowest BCUT2D eigenvalue weighted by Crippen LogP contribution is -2.37. The number of aliphatic hydroxyl groups excluding tert-OH is 1. The third-order valence-corrected chi connectivity index (χ3v) is 6.66. The fourth-order valence-corrected chi connectivity index (χ4v) is 5.04. The van der Waals surface area contributed by atoms with E-state index in [0.29, 0.717) is 10.7 Å². The van der Waals surface area contributed by atoms with Crippen LogP contribution in [0, 0.1) is 0 Å². The Kier molecular flexibility index (Phi) is 5.66. The van der Waals surface area contributed by atoms with Crippen LogP contribution in [0.15, 0.2) is 77.7 Å². The number of benzene rings is 3. The van der Waals surface area contributed by atoms with Gasteiger partial charge in [0.05, 0.1) is 31.2 Å². The van der Waals surface area contributed by atoms with Crippen molar-refractivity contribution in [3.8, 4) is 5.75 Å². The number of carbonyl (C=O) groups excluding carboxylic acids is 2. The highest BCUT2D eigenvalue weighted by Gasteiger charge is 2.36. The largest absolute Gasteiger partial charge is 0.497 e. The molecule has 0 radical (unpaired) electrons. The molecule has 7 heteroatoms. The minimum atomic E-state index is -0.905. The predicted molar refractivity (Wildman–Crippen MR) is 131 cm³/mol. The standard InChI is InChI=1S/C26H22N2O4S/c1-32-19-12-10-17(11-13-19)14-24-25(30)28(26(31)33-24)16-18(29)15-27-22-8-4-2-6-20(22)21-7-3-5-9-23(21)27/h2-14,18,29H,15-16H2,1H3/b24-14-/t18-/m1/s1. The number of carbonyl (C=O) groups is 2. The molecule has 2 heterocycles. The maximum Gasteiger partial charge on any atom is 0.293 e. The van der Waals surface area contributed by atoms with Gasteiger partial charge in [0.25, 0.3) is 11.1 Å². The van der Waals surface area contributed by atoms with Crippen molar-refractivity contribution >= 4 is 50.8 Å². The Morgan fingerprint density at radius 3 is 2.12 bits per heavy atom. The van der Waals surface area contributed by atoms with Crippen LogP contribution < -0.4 is 4.74 Å². The van der Waals surface area contributed by atoms with E-state index in [1.165, 1.54) is 0 Å². The number of aliphatic hydroxyl groups is 1. The van der Waals surface area contributed by atoms with E-state index in [9.17, 15) is 14.7 Å². The van der Waals surface area contributed by atoms with E-state index < -0.39 is 6.10 Å². The summed E-state index contributed by atoms with van der Waals surface area (Å²) in [6, 6.07) is 23.3. The number of imide groups is 1. The fourth-order valence-electron chi connectivity index (χ4n) is 4.19. The Balaban J connectivity index is 1.36. The lowest BCUT2D eigenvalue weighted by Gasteiger charge is -2.19. The molecular weight excluding hydrogens is 436 g/mol. The van der Waals surface area contributed by atoms with E-state index in [-0.39, 0.29) is 24.2 Å². The van der Waals surface area contributed by atoms with E-state index in [1.54, 1.807) is 25.3 Å². The molecule has 1 fully saturated rings. The zero-order valence-electron chi connectivity index (χ0n) is 18.0. The van der Waals surface area contributed by atoms with Gasteiger partial charge in [0.2, 0.25) is 0 Å². The van der Waals surface area contributed by atoms with Gasteiger partial charge in [-0.15, -0.1) is 0 Å². The van der Waals surface area contributed by atoms with Gasteiger partial charge in [-0.2, -0.15) is 0 Å². The highest BCUT2D eigenvalue weighted by Crippen LogP contribution is 2.33. The molecule has 0 spiro atoms. The zero-order valence-corrected chi connectivity index (χ0v) is 18.8. The number of hydrogen-bond acceptors (Lipinski definition) is 5. The van der Waals surface area contributed by atoms with Crippen LogP contribution in [0.5, 0.6) is 5.75 Å². The van der Waals surface area contributed by atoms with Crippen molar-refractivity contribution in [1.29, 1.82) is 0 Å². The molecule has 1 aliphatic heterocycles. The lowest BCUT2D eigenvalue weighted by atomic mass is 10.2. The summed E-state index contributed by atoms with van der Waals surface area (Å²) in [7, 11) is 1.59. The Labute approximate surface area is 195 Å². The van der Waals surface area contributed by atoms with Gasteiger partial charge in [0.1, 0.15) is 5.75 Å². The zero-order chi connectivity index (χ0) is 22.9. The summed E-state index contributed by atoms with van der Waals surface area (Å²) in [5.41, 5.74) is 2.81. The summed E-state index contributed by atoms with van der Waals surface area (Å²) in [6.45, 7) is 0.207. The van der Waals surface area contributed by atoms with E-state index in [1.807, 2.05) is 53.1 Å².